The third kappa shape index (κ3) is 3.81. The molecule has 0 saturated carbocycles. The lowest BCUT2D eigenvalue weighted by Gasteiger charge is -2.36. The van der Waals surface area contributed by atoms with E-state index in [1.54, 1.807) is 6.07 Å². The van der Waals surface area contributed by atoms with Crippen molar-refractivity contribution < 1.29 is 4.79 Å². The average Bonchev–Trinajstić information content (AvgIpc) is 2.83. The van der Waals surface area contributed by atoms with E-state index in [-0.39, 0.29) is 17.5 Å². The van der Waals surface area contributed by atoms with Crippen molar-refractivity contribution in [1.82, 2.24) is 24.8 Å². The molecule has 0 unspecified atom stereocenters. The number of piperidine rings is 1. The standard InChI is InChI=1S/C25H29N5O2/c1-16(2)29-14-12-20-18(15-29)24(31)28-23(27-20)22-9-5-6-13-30(22)25(32)21-11-10-17-7-3-4-8-19(17)26-21/h3-4,7-8,10-11,16,22H,5-6,9,12-15H2,1-2H3,(H,27,28,31)/t22-/m1/s1. The van der Waals surface area contributed by atoms with Gasteiger partial charge in [-0.1, -0.05) is 24.3 Å². The van der Waals surface area contributed by atoms with Crippen LogP contribution in [0.5, 0.6) is 0 Å². The number of H-pyrrole nitrogens is 1. The molecule has 2 aliphatic rings. The molecule has 1 fully saturated rings. The van der Waals surface area contributed by atoms with Gasteiger partial charge in [0.1, 0.15) is 11.5 Å². The predicted octanol–water partition coefficient (Wildman–Crippen LogP) is 3.45. The van der Waals surface area contributed by atoms with Crippen LogP contribution in [0.25, 0.3) is 10.9 Å². The number of hydrogen-bond acceptors (Lipinski definition) is 5. The molecule has 166 valence electrons. The van der Waals surface area contributed by atoms with Gasteiger partial charge in [0.05, 0.1) is 22.8 Å². The first-order chi connectivity index (χ1) is 15.5. The van der Waals surface area contributed by atoms with Gasteiger partial charge in [-0.15, -0.1) is 0 Å². The Morgan fingerprint density at radius 1 is 1.09 bits per heavy atom. The van der Waals surface area contributed by atoms with E-state index in [1.807, 2.05) is 35.2 Å². The Hall–Kier alpha value is -3.06. The number of amides is 1. The Bertz CT molecular complexity index is 1220. The maximum absolute atomic E-state index is 13.5. The molecule has 1 N–H and O–H groups in total. The lowest BCUT2D eigenvalue weighted by Crippen LogP contribution is -2.42. The highest BCUT2D eigenvalue weighted by Gasteiger charge is 2.32. The van der Waals surface area contributed by atoms with Crippen molar-refractivity contribution in [3.8, 4) is 0 Å². The van der Waals surface area contributed by atoms with Crippen molar-refractivity contribution in [2.45, 2.75) is 58.2 Å². The molecule has 0 bridgehead atoms. The second-order valence-corrected chi connectivity index (χ2v) is 9.09. The Kier molecular flexibility index (Phi) is 5.51. The summed E-state index contributed by atoms with van der Waals surface area (Å²) in [5.41, 5.74) is 2.81. The van der Waals surface area contributed by atoms with Crippen molar-refractivity contribution in [2.75, 3.05) is 13.1 Å². The van der Waals surface area contributed by atoms with Gasteiger partial charge in [0.15, 0.2) is 0 Å². The molecule has 7 heteroatoms. The average molecular weight is 432 g/mol. The van der Waals surface area contributed by atoms with Crippen LogP contribution in [0.15, 0.2) is 41.2 Å². The Morgan fingerprint density at radius 2 is 1.94 bits per heavy atom. The minimum Gasteiger partial charge on any atom is -0.327 e. The van der Waals surface area contributed by atoms with Crippen LogP contribution in [-0.4, -0.2) is 49.8 Å². The summed E-state index contributed by atoms with van der Waals surface area (Å²) in [6.07, 6.45) is 3.49. The number of aromatic nitrogens is 3. The van der Waals surface area contributed by atoms with E-state index >= 15 is 0 Å². The summed E-state index contributed by atoms with van der Waals surface area (Å²) in [6.45, 7) is 6.46. The summed E-state index contributed by atoms with van der Waals surface area (Å²) in [5.74, 6) is 0.507. The van der Waals surface area contributed by atoms with E-state index < -0.39 is 0 Å². The first kappa shape index (κ1) is 20.8. The van der Waals surface area contributed by atoms with Crippen LogP contribution < -0.4 is 5.56 Å². The van der Waals surface area contributed by atoms with Crippen LogP contribution in [0.2, 0.25) is 0 Å². The van der Waals surface area contributed by atoms with Crippen LogP contribution in [0, 0.1) is 0 Å². The lowest BCUT2D eigenvalue weighted by molar-refractivity contribution is 0.0593. The predicted molar refractivity (Wildman–Crippen MR) is 123 cm³/mol. The molecule has 3 aromatic rings. The molecular weight excluding hydrogens is 402 g/mol. The zero-order valence-electron chi connectivity index (χ0n) is 18.7. The van der Waals surface area contributed by atoms with Gasteiger partial charge in [0.25, 0.3) is 11.5 Å². The summed E-state index contributed by atoms with van der Waals surface area (Å²) < 4.78 is 0. The summed E-state index contributed by atoms with van der Waals surface area (Å²) in [4.78, 5) is 43.0. The Morgan fingerprint density at radius 3 is 2.78 bits per heavy atom. The highest BCUT2D eigenvalue weighted by Crippen LogP contribution is 2.31. The molecule has 1 saturated heterocycles. The van der Waals surface area contributed by atoms with E-state index in [2.05, 4.69) is 28.7 Å². The van der Waals surface area contributed by atoms with E-state index in [4.69, 9.17) is 4.98 Å². The van der Waals surface area contributed by atoms with Crippen LogP contribution >= 0.6 is 0 Å². The van der Waals surface area contributed by atoms with Crippen LogP contribution in [-0.2, 0) is 13.0 Å². The fourth-order valence-electron chi connectivity index (χ4n) is 4.85. The summed E-state index contributed by atoms with van der Waals surface area (Å²) in [7, 11) is 0. The number of likely N-dealkylation sites (tertiary alicyclic amines) is 1. The highest BCUT2D eigenvalue weighted by molar-refractivity contribution is 5.95. The summed E-state index contributed by atoms with van der Waals surface area (Å²) >= 11 is 0. The van der Waals surface area contributed by atoms with Gasteiger partial charge in [0, 0.05) is 37.5 Å². The molecule has 1 aromatic carbocycles. The SMILES string of the molecule is CC(C)N1CCc2nc([C@H]3CCCCN3C(=O)c3ccc4ccccc4n3)[nH]c(=O)c2C1. The largest absolute Gasteiger partial charge is 0.327 e. The first-order valence-electron chi connectivity index (χ1n) is 11.5. The van der Waals surface area contributed by atoms with Gasteiger partial charge in [-0.3, -0.25) is 14.5 Å². The van der Waals surface area contributed by atoms with Gasteiger partial charge >= 0.3 is 0 Å². The molecular formula is C25H29N5O2. The highest BCUT2D eigenvalue weighted by atomic mass is 16.2. The number of carbonyl (C=O) groups excluding carboxylic acids is 1. The molecule has 32 heavy (non-hydrogen) atoms. The number of pyridine rings is 1. The number of nitrogens with zero attached hydrogens (tertiary/aromatic N) is 4. The molecule has 2 aromatic heterocycles. The second kappa shape index (κ2) is 8.47. The minimum absolute atomic E-state index is 0.0721. The number of rotatable bonds is 3. The number of aromatic amines is 1. The smallest absolute Gasteiger partial charge is 0.273 e. The molecule has 1 atom stereocenters. The maximum Gasteiger partial charge on any atom is 0.273 e. The Labute approximate surface area is 187 Å². The van der Waals surface area contributed by atoms with Gasteiger partial charge in [-0.05, 0) is 45.2 Å². The van der Waals surface area contributed by atoms with E-state index in [1.165, 1.54) is 0 Å². The van der Waals surface area contributed by atoms with Crippen LogP contribution in [0.4, 0.5) is 0 Å². The molecule has 2 aliphatic heterocycles. The zero-order chi connectivity index (χ0) is 22.2. The third-order valence-corrected chi connectivity index (χ3v) is 6.74. The molecule has 4 heterocycles. The number of nitrogens with one attached hydrogen (secondary N) is 1. The fraction of sp³-hybridized carbons (Fsp3) is 0.440. The first-order valence-corrected chi connectivity index (χ1v) is 11.5. The van der Waals surface area contributed by atoms with Crippen molar-refractivity contribution in [3.63, 3.8) is 0 Å². The fourth-order valence-corrected chi connectivity index (χ4v) is 4.85. The number of carbonyl (C=O) groups is 1. The van der Waals surface area contributed by atoms with Gasteiger partial charge in [-0.2, -0.15) is 0 Å². The Balaban J connectivity index is 1.46. The number of hydrogen-bond donors (Lipinski definition) is 1. The molecule has 1 amide bonds. The van der Waals surface area contributed by atoms with Crippen molar-refractivity contribution in [1.29, 1.82) is 0 Å². The summed E-state index contributed by atoms with van der Waals surface area (Å²) in [6, 6.07) is 11.7. The monoisotopic (exact) mass is 431 g/mol. The van der Waals surface area contributed by atoms with Crippen molar-refractivity contribution in [3.05, 3.63) is 69.5 Å². The second-order valence-electron chi connectivity index (χ2n) is 9.09. The topological polar surface area (TPSA) is 82.2 Å². The van der Waals surface area contributed by atoms with Gasteiger partial charge in [-0.25, -0.2) is 9.97 Å². The maximum atomic E-state index is 13.5. The molecule has 0 radical (unpaired) electrons. The third-order valence-electron chi connectivity index (χ3n) is 6.74. The summed E-state index contributed by atoms with van der Waals surface area (Å²) in [5, 5.41) is 1.01. The normalized spacial score (nSPS) is 19.3. The van der Waals surface area contributed by atoms with Crippen molar-refractivity contribution >= 4 is 16.8 Å². The van der Waals surface area contributed by atoms with E-state index in [9.17, 15) is 9.59 Å². The molecule has 5 rings (SSSR count). The quantitative estimate of drug-likeness (QED) is 0.687. The van der Waals surface area contributed by atoms with Crippen LogP contribution in [0.1, 0.15) is 66.7 Å². The molecule has 0 spiro atoms. The number of benzene rings is 1. The van der Waals surface area contributed by atoms with Crippen LogP contribution in [0.3, 0.4) is 0 Å². The lowest BCUT2D eigenvalue weighted by atomic mass is 9.99. The van der Waals surface area contributed by atoms with Gasteiger partial charge < -0.3 is 9.88 Å². The number of para-hydroxylation sites is 1. The van der Waals surface area contributed by atoms with E-state index in [0.29, 0.717) is 30.6 Å². The van der Waals surface area contributed by atoms with Gasteiger partial charge in [0.2, 0.25) is 0 Å². The molecule has 0 aliphatic carbocycles. The van der Waals surface area contributed by atoms with Crippen molar-refractivity contribution in [2.24, 2.45) is 0 Å². The van der Waals surface area contributed by atoms with E-state index in [0.717, 1.165) is 54.4 Å². The zero-order valence-corrected chi connectivity index (χ0v) is 18.7. The minimum atomic E-state index is -0.231. The number of fused-ring (bicyclic) bond motifs is 2. The molecule has 7 nitrogen and oxygen atoms in total.